The van der Waals surface area contributed by atoms with Crippen LogP contribution in [0.15, 0.2) is 30.3 Å². The first-order chi connectivity index (χ1) is 9.96. The Morgan fingerprint density at radius 2 is 2.05 bits per heavy atom. The van der Waals surface area contributed by atoms with Crippen molar-refractivity contribution in [1.82, 2.24) is 10.3 Å². The number of rotatable bonds is 5. The van der Waals surface area contributed by atoms with Gasteiger partial charge in [0.05, 0.1) is 11.2 Å². The number of hydrazine groups is 1. The molecule has 0 spiro atoms. The lowest BCUT2D eigenvalue weighted by Crippen LogP contribution is -2.43. The van der Waals surface area contributed by atoms with Gasteiger partial charge < -0.3 is 10.7 Å². The Kier molecular flexibility index (Phi) is 4.43. The second-order valence-corrected chi connectivity index (χ2v) is 5.80. The molecule has 1 heterocycles. The molecule has 0 radical (unpaired) electrons. The number of pyridine rings is 1. The number of hydrogen-bond acceptors (Lipinski definition) is 4. The standard InChI is InChI=1S/C16H22N4O/c1-4-9-16(2,3)19-15(21)14-10-13(20-17)11-7-5-6-8-12(11)18-14/h5-8,10H,4,9,17H2,1-3H3,(H,18,20)(H,19,21). The highest BCUT2D eigenvalue weighted by Gasteiger charge is 2.21. The van der Waals surface area contributed by atoms with Gasteiger partial charge in [0.1, 0.15) is 5.69 Å². The minimum atomic E-state index is -0.254. The van der Waals surface area contributed by atoms with Crippen LogP contribution in [0.25, 0.3) is 10.9 Å². The second kappa shape index (κ2) is 6.10. The minimum Gasteiger partial charge on any atom is -0.346 e. The van der Waals surface area contributed by atoms with E-state index in [1.807, 2.05) is 38.1 Å². The minimum absolute atomic E-state index is 0.185. The molecule has 5 nitrogen and oxygen atoms in total. The summed E-state index contributed by atoms with van der Waals surface area (Å²) in [5.74, 6) is 5.37. The molecule has 1 aromatic heterocycles. The highest BCUT2D eigenvalue weighted by atomic mass is 16.2. The van der Waals surface area contributed by atoms with Crippen molar-refractivity contribution in [2.75, 3.05) is 5.43 Å². The summed E-state index contributed by atoms with van der Waals surface area (Å²) < 4.78 is 0. The maximum absolute atomic E-state index is 12.4. The van der Waals surface area contributed by atoms with Gasteiger partial charge in [0.2, 0.25) is 0 Å². The van der Waals surface area contributed by atoms with Gasteiger partial charge in [-0.1, -0.05) is 31.5 Å². The van der Waals surface area contributed by atoms with Gasteiger partial charge >= 0.3 is 0 Å². The van der Waals surface area contributed by atoms with Gasteiger partial charge in [-0.2, -0.15) is 0 Å². The van der Waals surface area contributed by atoms with Crippen molar-refractivity contribution < 1.29 is 4.79 Å². The molecule has 0 aliphatic rings. The van der Waals surface area contributed by atoms with Crippen molar-refractivity contribution in [3.63, 3.8) is 0 Å². The average Bonchev–Trinajstić information content (AvgIpc) is 2.45. The topological polar surface area (TPSA) is 80.0 Å². The summed E-state index contributed by atoms with van der Waals surface area (Å²) >= 11 is 0. The molecule has 0 saturated heterocycles. The van der Waals surface area contributed by atoms with Crippen LogP contribution in [0.1, 0.15) is 44.1 Å². The summed E-state index contributed by atoms with van der Waals surface area (Å²) in [6.07, 6.45) is 1.92. The number of anilines is 1. The van der Waals surface area contributed by atoms with Gasteiger partial charge in [-0.3, -0.25) is 10.6 Å². The highest BCUT2D eigenvalue weighted by Crippen LogP contribution is 2.22. The first-order valence-corrected chi connectivity index (χ1v) is 7.16. The largest absolute Gasteiger partial charge is 0.346 e. The van der Waals surface area contributed by atoms with E-state index < -0.39 is 0 Å². The SMILES string of the molecule is CCCC(C)(C)NC(=O)c1cc(NN)c2ccccc2n1. The number of amides is 1. The van der Waals surface area contributed by atoms with E-state index in [-0.39, 0.29) is 11.4 Å². The molecule has 0 bridgehead atoms. The Bertz CT molecular complexity index is 652. The Morgan fingerprint density at radius 3 is 2.71 bits per heavy atom. The number of benzene rings is 1. The molecular weight excluding hydrogens is 264 g/mol. The summed E-state index contributed by atoms with van der Waals surface area (Å²) in [5.41, 5.74) is 4.18. The lowest BCUT2D eigenvalue weighted by molar-refractivity contribution is 0.0904. The smallest absolute Gasteiger partial charge is 0.270 e. The molecule has 2 aromatic rings. The number of nitrogens with zero attached hydrogens (tertiary/aromatic N) is 1. The Balaban J connectivity index is 2.36. The molecule has 0 aliphatic heterocycles. The van der Waals surface area contributed by atoms with Gasteiger partial charge in [0, 0.05) is 10.9 Å². The van der Waals surface area contributed by atoms with Crippen molar-refractivity contribution in [2.45, 2.75) is 39.2 Å². The maximum Gasteiger partial charge on any atom is 0.270 e. The molecule has 0 atom stereocenters. The van der Waals surface area contributed by atoms with Gasteiger partial charge in [-0.25, -0.2) is 4.98 Å². The van der Waals surface area contributed by atoms with Crippen molar-refractivity contribution >= 4 is 22.5 Å². The first kappa shape index (κ1) is 15.3. The van der Waals surface area contributed by atoms with E-state index in [4.69, 9.17) is 5.84 Å². The van der Waals surface area contributed by atoms with Crippen molar-refractivity contribution in [1.29, 1.82) is 0 Å². The second-order valence-electron chi connectivity index (χ2n) is 5.80. The first-order valence-electron chi connectivity index (χ1n) is 7.16. The lowest BCUT2D eigenvalue weighted by atomic mass is 9.98. The van der Waals surface area contributed by atoms with Gasteiger partial charge in [-0.15, -0.1) is 0 Å². The lowest BCUT2D eigenvalue weighted by Gasteiger charge is -2.25. The molecule has 0 saturated carbocycles. The molecule has 5 heteroatoms. The molecule has 112 valence electrons. The molecular formula is C16H22N4O. The number of para-hydroxylation sites is 1. The molecule has 1 aromatic carbocycles. The van der Waals surface area contributed by atoms with Crippen LogP contribution in [-0.2, 0) is 0 Å². The quantitative estimate of drug-likeness (QED) is 0.583. The number of hydrogen-bond donors (Lipinski definition) is 3. The fourth-order valence-corrected chi connectivity index (χ4v) is 2.47. The number of aromatic nitrogens is 1. The molecule has 2 rings (SSSR count). The fourth-order valence-electron chi connectivity index (χ4n) is 2.47. The zero-order valence-electron chi connectivity index (χ0n) is 12.7. The predicted octanol–water partition coefficient (Wildman–Crippen LogP) is 2.83. The van der Waals surface area contributed by atoms with E-state index in [2.05, 4.69) is 22.7 Å². The molecule has 0 fully saturated rings. The molecule has 21 heavy (non-hydrogen) atoms. The van der Waals surface area contributed by atoms with Crippen LogP contribution >= 0.6 is 0 Å². The third kappa shape index (κ3) is 3.49. The van der Waals surface area contributed by atoms with E-state index >= 15 is 0 Å². The summed E-state index contributed by atoms with van der Waals surface area (Å²) in [6.45, 7) is 6.12. The van der Waals surface area contributed by atoms with Crippen LogP contribution in [0.4, 0.5) is 5.69 Å². The van der Waals surface area contributed by atoms with Gasteiger partial charge in [-0.05, 0) is 32.4 Å². The summed E-state index contributed by atoms with van der Waals surface area (Å²) in [5, 5.41) is 3.91. The van der Waals surface area contributed by atoms with Gasteiger partial charge in [0.15, 0.2) is 0 Å². The zero-order chi connectivity index (χ0) is 15.5. The summed E-state index contributed by atoms with van der Waals surface area (Å²) in [4.78, 5) is 16.8. The molecule has 4 N–H and O–H groups in total. The normalized spacial score (nSPS) is 11.4. The summed E-state index contributed by atoms with van der Waals surface area (Å²) in [7, 11) is 0. The zero-order valence-corrected chi connectivity index (χ0v) is 12.7. The predicted molar refractivity (Wildman–Crippen MR) is 86.0 cm³/mol. The molecule has 0 aliphatic carbocycles. The van der Waals surface area contributed by atoms with Crippen molar-refractivity contribution in [2.24, 2.45) is 5.84 Å². The van der Waals surface area contributed by atoms with Gasteiger partial charge in [0.25, 0.3) is 5.91 Å². The van der Waals surface area contributed by atoms with Crippen molar-refractivity contribution in [3.8, 4) is 0 Å². The third-order valence-corrected chi connectivity index (χ3v) is 3.43. The van der Waals surface area contributed by atoms with Crippen LogP contribution in [0.5, 0.6) is 0 Å². The number of carbonyl (C=O) groups is 1. The number of fused-ring (bicyclic) bond motifs is 1. The number of nitrogen functional groups attached to an aromatic ring is 1. The van der Waals surface area contributed by atoms with E-state index in [0.717, 1.165) is 23.7 Å². The van der Waals surface area contributed by atoms with E-state index in [0.29, 0.717) is 11.4 Å². The third-order valence-electron chi connectivity index (χ3n) is 3.43. The van der Waals surface area contributed by atoms with E-state index in [1.165, 1.54) is 0 Å². The molecule has 0 unspecified atom stereocenters. The van der Waals surface area contributed by atoms with E-state index in [1.54, 1.807) is 6.07 Å². The van der Waals surface area contributed by atoms with E-state index in [9.17, 15) is 4.79 Å². The summed E-state index contributed by atoms with van der Waals surface area (Å²) in [6, 6.07) is 9.26. The Labute approximate surface area is 124 Å². The van der Waals surface area contributed by atoms with Crippen LogP contribution in [0.3, 0.4) is 0 Å². The Hall–Kier alpha value is -2.14. The monoisotopic (exact) mass is 286 g/mol. The van der Waals surface area contributed by atoms with Crippen LogP contribution in [0, 0.1) is 0 Å². The highest BCUT2D eigenvalue weighted by molar-refractivity contribution is 5.99. The van der Waals surface area contributed by atoms with Crippen molar-refractivity contribution in [3.05, 3.63) is 36.0 Å². The van der Waals surface area contributed by atoms with Crippen LogP contribution in [0.2, 0.25) is 0 Å². The maximum atomic E-state index is 12.4. The average molecular weight is 286 g/mol. The number of nitrogens with two attached hydrogens (primary N) is 1. The van der Waals surface area contributed by atoms with Crippen LogP contribution in [-0.4, -0.2) is 16.4 Å². The Morgan fingerprint density at radius 1 is 1.33 bits per heavy atom. The fraction of sp³-hybridized carbons (Fsp3) is 0.375. The van der Waals surface area contributed by atoms with Crippen LogP contribution < -0.4 is 16.6 Å². The molecule has 1 amide bonds. The number of carbonyl (C=O) groups excluding carboxylic acids is 1. The number of nitrogens with one attached hydrogen (secondary N) is 2.